The molecular formula is C22H25F6N5O5. The molecule has 1 unspecified atom stereocenters. The van der Waals surface area contributed by atoms with E-state index in [1.807, 2.05) is 24.4 Å². The van der Waals surface area contributed by atoms with E-state index < -0.39 is 24.3 Å². The Labute approximate surface area is 212 Å². The largest absolute Gasteiger partial charge is 0.490 e. The second-order valence-electron chi connectivity index (χ2n) is 8.42. The number of ether oxygens (including phenoxy) is 1. The van der Waals surface area contributed by atoms with Gasteiger partial charge in [-0.2, -0.15) is 26.3 Å². The summed E-state index contributed by atoms with van der Waals surface area (Å²) in [6.45, 7) is 4.65. The first-order chi connectivity index (χ1) is 17.7. The van der Waals surface area contributed by atoms with Crippen molar-refractivity contribution < 1.29 is 50.9 Å². The van der Waals surface area contributed by atoms with Gasteiger partial charge in [-0.1, -0.05) is 6.07 Å². The molecular weight excluding hydrogens is 528 g/mol. The van der Waals surface area contributed by atoms with Gasteiger partial charge in [0.2, 0.25) is 5.95 Å². The van der Waals surface area contributed by atoms with Crippen molar-refractivity contribution in [3.05, 3.63) is 48.5 Å². The molecule has 0 aromatic carbocycles. The van der Waals surface area contributed by atoms with Crippen LogP contribution in [-0.2, 0) is 20.9 Å². The standard InChI is InChI=1S/C18H23N5O.2C2HF3O2/c1-2-7-19-16(4-1)11-23-13-18(14-23)6-5-15(12-24-18)10-22-17-20-8-3-9-21-17;2*3-2(4,5)1(6)7/h1-4,7-9,15H,5-6,10-14H2,(H,20,21,22);2*(H,6,7). The molecule has 210 valence electrons. The van der Waals surface area contributed by atoms with Gasteiger partial charge in [0.25, 0.3) is 0 Å². The van der Waals surface area contributed by atoms with Crippen LogP contribution in [0, 0.1) is 5.92 Å². The number of aromatic nitrogens is 3. The fourth-order valence-electron chi connectivity index (χ4n) is 3.55. The highest BCUT2D eigenvalue weighted by Crippen LogP contribution is 2.36. The summed E-state index contributed by atoms with van der Waals surface area (Å²) in [6, 6.07) is 7.91. The number of carboxylic acids is 2. The van der Waals surface area contributed by atoms with E-state index in [4.69, 9.17) is 24.5 Å². The van der Waals surface area contributed by atoms with Crippen LogP contribution in [0.15, 0.2) is 42.9 Å². The predicted octanol–water partition coefficient (Wildman–Crippen LogP) is 3.23. The van der Waals surface area contributed by atoms with Gasteiger partial charge in [0.05, 0.1) is 17.9 Å². The van der Waals surface area contributed by atoms with Crippen LogP contribution < -0.4 is 5.32 Å². The maximum Gasteiger partial charge on any atom is 0.490 e. The molecule has 2 aliphatic rings. The van der Waals surface area contributed by atoms with E-state index in [9.17, 15) is 26.3 Å². The Morgan fingerprint density at radius 1 is 0.974 bits per heavy atom. The number of likely N-dealkylation sites (tertiary alicyclic amines) is 1. The molecule has 0 aliphatic carbocycles. The Balaban J connectivity index is 0.000000301. The maximum absolute atomic E-state index is 10.6. The second-order valence-corrected chi connectivity index (χ2v) is 8.42. The summed E-state index contributed by atoms with van der Waals surface area (Å²) < 4.78 is 69.7. The smallest absolute Gasteiger partial charge is 0.475 e. The minimum atomic E-state index is -5.08. The van der Waals surface area contributed by atoms with Gasteiger partial charge in [-0.15, -0.1) is 0 Å². The molecule has 4 heterocycles. The van der Waals surface area contributed by atoms with Gasteiger partial charge in [0.15, 0.2) is 0 Å². The number of nitrogens with zero attached hydrogens (tertiary/aromatic N) is 4. The van der Waals surface area contributed by atoms with Gasteiger partial charge in [-0.25, -0.2) is 19.6 Å². The van der Waals surface area contributed by atoms with Gasteiger partial charge in [0, 0.05) is 44.8 Å². The first kappa shape index (κ1) is 30.7. The van der Waals surface area contributed by atoms with Crippen molar-refractivity contribution in [3.8, 4) is 0 Å². The normalized spacial score (nSPS) is 18.6. The lowest BCUT2D eigenvalue weighted by molar-refractivity contribution is -0.193. The summed E-state index contributed by atoms with van der Waals surface area (Å²) in [5.41, 5.74) is 1.21. The molecule has 2 saturated heterocycles. The van der Waals surface area contributed by atoms with Crippen LogP contribution in [0.1, 0.15) is 18.5 Å². The predicted molar refractivity (Wildman–Crippen MR) is 119 cm³/mol. The van der Waals surface area contributed by atoms with Crippen LogP contribution in [0.2, 0.25) is 0 Å². The molecule has 2 fully saturated rings. The summed E-state index contributed by atoms with van der Waals surface area (Å²) in [7, 11) is 0. The highest BCUT2D eigenvalue weighted by molar-refractivity contribution is 5.73. The zero-order valence-corrected chi connectivity index (χ0v) is 19.7. The van der Waals surface area contributed by atoms with Crippen LogP contribution in [0.4, 0.5) is 32.3 Å². The third-order valence-electron chi connectivity index (χ3n) is 5.37. The van der Waals surface area contributed by atoms with Crippen molar-refractivity contribution in [2.75, 3.05) is 31.6 Å². The average molecular weight is 553 g/mol. The van der Waals surface area contributed by atoms with Crippen molar-refractivity contribution in [1.82, 2.24) is 19.9 Å². The maximum atomic E-state index is 10.6. The first-order valence-electron chi connectivity index (χ1n) is 11.1. The van der Waals surface area contributed by atoms with Crippen molar-refractivity contribution in [2.45, 2.75) is 37.3 Å². The zero-order valence-electron chi connectivity index (χ0n) is 19.7. The lowest BCUT2D eigenvalue weighted by atomic mass is 9.83. The van der Waals surface area contributed by atoms with Gasteiger partial charge in [-0.05, 0) is 37.0 Å². The molecule has 38 heavy (non-hydrogen) atoms. The number of nitrogens with one attached hydrogen (secondary N) is 1. The summed E-state index contributed by atoms with van der Waals surface area (Å²) >= 11 is 0. The average Bonchev–Trinajstić information content (AvgIpc) is 2.83. The number of pyridine rings is 1. The van der Waals surface area contributed by atoms with Crippen molar-refractivity contribution in [1.29, 1.82) is 0 Å². The van der Waals surface area contributed by atoms with E-state index in [0.717, 1.165) is 44.9 Å². The second kappa shape index (κ2) is 13.3. The minimum Gasteiger partial charge on any atom is -0.475 e. The number of hydrogen-bond donors (Lipinski definition) is 3. The number of carboxylic acid groups (broad SMARTS) is 2. The van der Waals surface area contributed by atoms with Crippen molar-refractivity contribution >= 4 is 17.9 Å². The number of rotatable bonds is 5. The van der Waals surface area contributed by atoms with Crippen LogP contribution in [0.3, 0.4) is 0 Å². The highest BCUT2D eigenvalue weighted by Gasteiger charge is 2.46. The third-order valence-corrected chi connectivity index (χ3v) is 5.37. The number of anilines is 1. The summed E-state index contributed by atoms with van der Waals surface area (Å²) in [4.78, 5) is 33.0. The van der Waals surface area contributed by atoms with Gasteiger partial charge in [-0.3, -0.25) is 9.88 Å². The molecule has 0 radical (unpaired) electrons. The Hall–Kier alpha value is -3.53. The van der Waals surface area contributed by atoms with Crippen LogP contribution in [-0.4, -0.2) is 86.2 Å². The molecule has 1 atom stereocenters. The number of alkyl halides is 6. The highest BCUT2D eigenvalue weighted by atomic mass is 19.4. The van der Waals surface area contributed by atoms with Crippen LogP contribution in [0.5, 0.6) is 0 Å². The third kappa shape index (κ3) is 10.5. The van der Waals surface area contributed by atoms with E-state index in [1.54, 1.807) is 12.4 Å². The topological polar surface area (TPSA) is 138 Å². The number of hydrogen-bond acceptors (Lipinski definition) is 8. The Kier molecular flexibility index (Phi) is 10.8. The minimum absolute atomic E-state index is 0.0779. The molecule has 4 rings (SSSR count). The fourth-order valence-corrected chi connectivity index (χ4v) is 3.55. The van der Waals surface area contributed by atoms with Crippen LogP contribution in [0.25, 0.3) is 0 Å². The van der Waals surface area contributed by atoms with Gasteiger partial charge in [0.1, 0.15) is 0 Å². The Morgan fingerprint density at radius 2 is 1.53 bits per heavy atom. The SMILES string of the molecule is O=C(O)C(F)(F)F.O=C(O)C(F)(F)F.c1ccc(CN2CC3(CCC(CNc4ncccn4)CO3)C2)nc1. The van der Waals surface area contributed by atoms with E-state index in [2.05, 4.69) is 31.2 Å². The molecule has 2 aromatic heterocycles. The lowest BCUT2D eigenvalue weighted by Gasteiger charge is -2.52. The van der Waals surface area contributed by atoms with Crippen molar-refractivity contribution in [2.24, 2.45) is 5.92 Å². The lowest BCUT2D eigenvalue weighted by Crippen LogP contribution is -2.64. The summed E-state index contributed by atoms with van der Waals surface area (Å²) in [6.07, 6.45) is -2.47. The molecule has 2 aromatic rings. The fraction of sp³-hybridized carbons (Fsp3) is 0.500. The molecule has 0 bridgehead atoms. The van der Waals surface area contributed by atoms with Crippen LogP contribution >= 0.6 is 0 Å². The quantitative estimate of drug-likeness (QED) is 0.473. The molecule has 0 saturated carbocycles. The number of carbonyl (C=O) groups is 2. The molecule has 1 spiro atoms. The van der Waals surface area contributed by atoms with E-state index >= 15 is 0 Å². The van der Waals surface area contributed by atoms with Gasteiger partial charge < -0.3 is 20.3 Å². The molecule has 16 heteroatoms. The molecule has 10 nitrogen and oxygen atoms in total. The Bertz CT molecular complexity index is 987. The van der Waals surface area contributed by atoms with Crippen molar-refractivity contribution in [3.63, 3.8) is 0 Å². The van der Waals surface area contributed by atoms with E-state index in [1.165, 1.54) is 6.42 Å². The van der Waals surface area contributed by atoms with E-state index in [0.29, 0.717) is 11.9 Å². The van der Waals surface area contributed by atoms with Gasteiger partial charge >= 0.3 is 24.3 Å². The summed E-state index contributed by atoms with van der Waals surface area (Å²) in [5.74, 6) is -4.28. The van der Waals surface area contributed by atoms with E-state index in [-0.39, 0.29) is 5.60 Å². The molecule has 3 N–H and O–H groups in total. The number of halogens is 6. The first-order valence-corrected chi connectivity index (χ1v) is 11.1. The zero-order chi connectivity index (χ0) is 28.4. The monoisotopic (exact) mass is 553 g/mol. The molecule has 0 amide bonds. The summed E-state index contributed by atoms with van der Waals surface area (Å²) in [5, 5.41) is 17.5. The Morgan fingerprint density at radius 3 is 1.97 bits per heavy atom. The molecule has 2 aliphatic heterocycles. The number of aliphatic carboxylic acids is 2.